The number of pyridine rings is 1. The molecule has 2 heterocycles. The number of nitrogens with zero attached hydrogens (tertiary/aromatic N) is 2. The molecular formula is C15H9FN2OS2. The third-order valence-corrected chi connectivity index (χ3v) is 4.14. The molecule has 1 aliphatic heterocycles. The van der Waals surface area contributed by atoms with Crippen molar-refractivity contribution in [1.82, 2.24) is 4.98 Å². The summed E-state index contributed by atoms with van der Waals surface area (Å²) >= 11 is 6.42. The van der Waals surface area contributed by atoms with Gasteiger partial charge in [-0.1, -0.05) is 36.1 Å². The summed E-state index contributed by atoms with van der Waals surface area (Å²) in [6, 6.07) is 9.46. The average Bonchev–Trinajstić information content (AvgIpc) is 2.74. The molecule has 0 unspecified atom stereocenters. The first-order chi connectivity index (χ1) is 10.1. The van der Waals surface area contributed by atoms with E-state index >= 15 is 0 Å². The van der Waals surface area contributed by atoms with E-state index in [0.717, 1.165) is 5.56 Å². The maximum absolute atomic E-state index is 13.3. The topological polar surface area (TPSA) is 33.2 Å². The van der Waals surface area contributed by atoms with E-state index in [4.69, 9.17) is 12.2 Å². The highest BCUT2D eigenvalue weighted by Gasteiger charge is 2.33. The maximum Gasteiger partial charge on any atom is 0.270 e. The zero-order chi connectivity index (χ0) is 14.8. The standard InChI is InChI=1S/C15H9FN2OS2/c16-11-4-1-5-12(8-11)18-14(19)13(21-15(18)20)7-10-3-2-6-17-9-10/h1-9H/b13-7+. The highest BCUT2D eigenvalue weighted by atomic mass is 32.2. The van der Waals surface area contributed by atoms with Crippen LogP contribution in [0, 0.1) is 5.82 Å². The van der Waals surface area contributed by atoms with Gasteiger partial charge in [0.15, 0.2) is 4.32 Å². The number of carbonyl (C=O) groups excluding carboxylic acids is 1. The van der Waals surface area contributed by atoms with E-state index in [1.807, 2.05) is 6.07 Å². The zero-order valence-corrected chi connectivity index (χ0v) is 12.3. The number of aromatic nitrogens is 1. The van der Waals surface area contributed by atoms with Gasteiger partial charge in [0.1, 0.15) is 5.82 Å². The largest absolute Gasteiger partial charge is 0.270 e. The Morgan fingerprint density at radius 3 is 2.86 bits per heavy atom. The van der Waals surface area contributed by atoms with E-state index in [1.54, 1.807) is 36.7 Å². The Kier molecular flexibility index (Phi) is 3.81. The maximum atomic E-state index is 13.3. The van der Waals surface area contributed by atoms with Gasteiger partial charge in [0.25, 0.3) is 5.91 Å². The van der Waals surface area contributed by atoms with Gasteiger partial charge in [0.2, 0.25) is 0 Å². The van der Waals surface area contributed by atoms with Crippen molar-refractivity contribution in [2.45, 2.75) is 0 Å². The second-order valence-electron chi connectivity index (χ2n) is 4.28. The minimum Gasteiger partial charge on any atom is -0.268 e. The van der Waals surface area contributed by atoms with Gasteiger partial charge in [-0.05, 0) is 35.9 Å². The van der Waals surface area contributed by atoms with Crippen molar-refractivity contribution >= 4 is 46.0 Å². The molecule has 1 aromatic carbocycles. The number of thioether (sulfide) groups is 1. The van der Waals surface area contributed by atoms with Gasteiger partial charge in [-0.2, -0.15) is 0 Å². The van der Waals surface area contributed by atoms with Crippen LogP contribution < -0.4 is 4.90 Å². The molecule has 1 aliphatic rings. The molecule has 0 atom stereocenters. The fourth-order valence-electron chi connectivity index (χ4n) is 1.92. The first-order valence-corrected chi connectivity index (χ1v) is 7.31. The number of hydrogen-bond acceptors (Lipinski definition) is 4. The van der Waals surface area contributed by atoms with Crippen LogP contribution in [0.4, 0.5) is 10.1 Å². The zero-order valence-electron chi connectivity index (χ0n) is 10.7. The predicted molar refractivity (Wildman–Crippen MR) is 86.3 cm³/mol. The first kappa shape index (κ1) is 13.9. The lowest BCUT2D eigenvalue weighted by Gasteiger charge is -2.14. The van der Waals surface area contributed by atoms with Crippen molar-refractivity contribution in [3.05, 3.63) is 65.1 Å². The van der Waals surface area contributed by atoms with Gasteiger partial charge in [0.05, 0.1) is 10.6 Å². The van der Waals surface area contributed by atoms with Crippen LogP contribution in [0.25, 0.3) is 6.08 Å². The summed E-state index contributed by atoms with van der Waals surface area (Å²) in [6.07, 6.45) is 5.05. The molecule has 1 fully saturated rings. The van der Waals surface area contributed by atoms with Crippen molar-refractivity contribution in [2.75, 3.05) is 4.90 Å². The Balaban J connectivity index is 1.94. The summed E-state index contributed by atoms with van der Waals surface area (Å²) in [5.74, 6) is -0.655. The lowest BCUT2D eigenvalue weighted by atomic mass is 10.2. The number of hydrogen-bond donors (Lipinski definition) is 0. The molecule has 6 heteroatoms. The van der Waals surface area contributed by atoms with Gasteiger partial charge < -0.3 is 0 Å². The first-order valence-electron chi connectivity index (χ1n) is 6.09. The van der Waals surface area contributed by atoms with Crippen molar-refractivity contribution < 1.29 is 9.18 Å². The van der Waals surface area contributed by atoms with Crippen LogP contribution in [0.5, 0.6) is 0 Å². The minimum atomic E-state index is -0.405. The van der Waals surface area contributed by atoms with Gasteiger partial charge in [-0.3, -0.25) is 14.7 Å². The fourth-order valence-corrected chi connectivity index (χ4v) is 3.22. The summed E-state index contributed by atoms with van der Waals surface area (Å²) in [5, 5.41) is 0. The van der Waals surface area contributed by atoms with Gasteiger partial charge in [-0.25, -0.2) is 4.39 Å². The Morgan fingerprint density at radius 2 is 2.14 bits per heavy atom. The third-order valence-electron chi connectivity index (χ3n) is 2.84. The van der Waals surface area contributed by atoms with E-state index in [9.17, 15) is 9.18 Å². The molecule has 0 spiro atoms. The molecule has 0 N–H and O–H groups in total. The highest BCUT2D eigenvalue weighted by Crippen LogP contribution is 2.35. The van der Waals surface area contributed by atoms with Crippen LogP contribution in [-0.4, -0.2) is 15.2 Å². The number of rotatable bonds is 2. The number of halogens is 1. The summed E-state index contributed by atoms with van der Waals surface area (Å²) in [7, 11) is 0. The van der Waals surface area contributed by atoms with E-state index in [0.29, 0.717) is 14.9 Å². The van der Waals surface area contributed by atoms with Crippen LogP contribution >= 0.6 is 24.0 Å². The molecule has 0 saturated carbocycles. The van der Waals surface area contributed by atoms with Crippen molar-refractivity contribution in [1.29, 1.82) is 0 Å². The second kappa shape index (κ2) is 5.75. The molecular weight excluding hydrogens is 307 g/mol. The number of benzene rings is 1. The molecule has 0 bridgehead atoms. The van der Waals surface area contributed by atoms with Gasteiger partial charge in [0, 0.05) is 12.4 Å². The molecule has 1 amide bonds. The monoisotopic (exact) mass is 316 g/mol. The molecule has 2 aromatic rings. The lowest BCUT2D eigenvalue weighted by Crippen LogP contribution is -2.27. The number of anilines is 1. The van der Waals surface area contributed by atoms with Crippen LogP contribution in [0.3, 0.4) is 0 Å². The lowest BCUT2D eigenvalue weighted by molar-refractivity contribution is -0.113. The summed E-state index contributed by atoms with van der Waals surface area (Å²) in [5.41, 5.74) is 1.25. The fraction of sp³-hybridized carbons (Fsp3) is 0. The number of carbonyl (C=O) groups is 1. The molecule has 1 aromatic heterocycles. The quantitative estimate of drug-likeness (QED) is 0.626. The number of amides is 1. The van der Waals surface area contributed by atoms with E-state index in [-0.39, 0.29) is 5.91 Å². The Bertz CT molecular complexity index is 746. The molecule has 0 radical (unpaired) electrons. The SMILES string of the molecule is O=C1/C(=C\c2cccnc2)SC(=S)N1c1cccc(F)c1. The Morgan fingerprint density at radius 1 is 1.29 bits per heavy atom. The molecule has 3 rings (SSSR count). The van der Waals surface area contributed by atoms with Crippen molar-refractivity contribution in [2.24, 2.45) is 0 Å². The van der Waals surface area contributed by atoms with E-state index < -0.39 is 5.82 Å². The molecule has 3 nitrogen and oxygen atoms in total. The van der Waals surface area contributed by atoms with Gasteiger partial charge in [-0.15, -0.1) is 0 Å². The summed E-state index contributed by atoms with van der Waals surface area (Å²) in [6.45, 7) is 0. The molecule has 104 valence electrons. The predicted octanol–water partition coefficient (Wildman–Crippen LogP) is 3.63. The van der Waals surface area contributed by atoms with Crippen molar-refractivity contribution in [3.63, 3.8) is 0 Å². The van der Waals surface area contributed by atoms with Crippen molar-refractivity contribution in [3.8, 4) is 0 Å². The minimum absolute atomic E-state index is 0.251. The smallest absolute Gasteiger partial charge is 0.268 e. The second-order valence-corrected chi connectivity index (χ2v) is 5.96. The van der Waals surface area contributed by atoms with Crippen LogP contribution in [-0.2, 0) is 4.79 Å². The highest BCUT2D eigenvalue weighted by molar-refractivity contribution is 8.27. The summed E-state index contributed by atoms with van der Waals surface area (Å²) < 4.78 is 13.7. The van der Waals surface area contributed by atoms with Crippen LogP contribution in [0.2, 0.25) is 0 Å². The van der Waals surface area contributed by atoms with Gasteiger partial charge >= 0.3 is 0 Å². The van der Waals surface area contributed by atoms with Crippen LogP contribution in [0.15, 0.2) is 53.7 Å². The summed E-state index contributed by atoms with van der Waals surface area (Å²) in [4.78, 5) is 18.3. The number of thiocarbonyl (C=S) groups is 1. The normalized spacial score (nSPS) is 16.8. The van der Waals surface area contributed by atoms with Crippen LogP contribution in [0.1, 0.15) is 5.56 Å². The van der Waals surface area contributed by atoms with E-state index in [2.05, 4.69) is 4.98 Å². The molecule has 0 aliphatic carbocycles. The Hall–Kier alpha value is -2.05. The van der Waals surface area contributed by atoms with E-state index in [1.165, 1.54) is 28.8 Å². The third kappa shape index (κ3) is 2.86. The molecule has 1 saturated heterocycles. The Labute approximate surface area is 130 Å². The average molecular weight is 316 g/mol. The molecule has 21 heavy (non-hydrogen) atoms.